The van der Waals surface area contributed by atoms with Crippen LogP contribution in [-0.4, -0.2) is 11.8 Å². The Hall–Kier alpha value is -3.03. The van der Waals surface area contributed by atoms with Crippen molar-refractivity contribution in [2.45, 2.75) is 6.18 Å². The van der Waals surface area contributed by atoms with Crippen LogP contribution in [0.2, 0.25) is 0 Å². The van der Waals surface area contributed by atoms with Gasteiger partial charge in [0.2, 0.25) is 5.91 Å². The van der Waals surface area contributed by atoms with Crippen LogP contribution in [0.1, 0.15) is 26.3 Å². The third kappa shape index (κ3) is 3.79. The maximum absolute atomic E-state index is 12.8. The summed E-state index contributed by atoms with van der Waals surface area (Å²) < 4.78 is 38.3. The van der Waals surface area contributed by atoms with E-state index in [4.69, 9.17) is 11.5 Å². The lowest BCUT2D eigenvalue weighted by molar-refractivity contribution is -0.136. The number of benzene rings is 2. The fraction of sp³-hybridized carbons (Fsp3) is 0.0667. The molecule has 0 aliphatic carbocycles. The molecule has 0 heterocycles. The second kappa shape index (κ2) is 5.99. The van der Waals surface area contributed by atoms with Gasteiger partial charge in [0, 0.05) is 22.5 Å². The average molecular weight is 323 g/mol. The van der Waals surface area contributed by atoms with Crippen molar-refractivity contribution < 1.29 is 22.8 Å². The van der Waals surface area contributed by atoms with Gasteiger partial charge < -0.3 is 16.8 Å². The highest BCUT2D eigenvalue weighted by atomic mass is 19.4. The summed E-state index contributed by atoms with van der Waals surface area (Å²) in [6.07, 6.45) is -4.62. The summed E-state index contributed by atoms with van der Waals surface area (Å²) in [6, 6.07) is 8.47. The fourth-order valence-corrected chi connectivity index (χ4v) is 1.87. The molecule has 5 N–H and O–H groups in total. The summed E-state index contributed by atoms with van der Waals surface area (Å²) in [5.74, 6) is -1.27. The maximum atomic E-state index is 12.8. The first-order valence-electron chi connectivity index (χ1n) is 6.36. The smallest absolute Gasteiger partial charge is 0.398 e. The van der Waals surface area contributed by atoms with Crippen molar-refractivity contribution in [3.8, 4) is 0 Å². The molecule has 120 valence electrons. The van der Waals surface area contributed by atoms with Crippen molar-refractivity contribution in [3.05, 3.63) is 59.2 Å². The first-order chi connectivity index (χ1) is 10.7. The van der Waals surface area contributed by atoms with Crippen molar-refractivity contribution in [3.63, 3.8) is 0 Å². The molecular weight excluding hydrogens is 311 g/mol. The molecule has 0 spiro atoms. The number of carbonyl (C=O) groups is 2. The zero-order chi connectivity index (χ0) is 17.2. The number of hydrogen-bond donors (Lipinski definition) is 3. The van der Waals surface area contributed by atoms with Crippen molar-refractivity contribution in [1.82, 2.24) is 0 Å². The number of nitrogens with two attached hydrogens (primary N) is 2. The summed E-state index contributed by atoms with van der Waals surface area (Å²) in [6.45, 7) is 0. The predicted octanol–water partition coefficient (Wildman–Crippen LogP) is 2.64. The lowest BCUT2D eigenvalue weighted by Gasteiger charge is -2.12. The minimum absolute atomic E-state index is 0.0458. The third-order valence-corrected chi connectivity index (χ3v) is 3.05. The molecule has 0 fully saturated rings. The molecule has 0 saturated heterocycles. The van der Waals surface area contributed by atoms with Gasteiger partial charge in [-0.15, -0.1) is 0 Å². The van der Waals surface area contributed by atoms with Crippen LogP contribution < -0.4 is 16.8 Å². The maximum Gasteiger partial charge on any atom is 0.418 e. The molecule has 0 radical (unpaired) electrons. The van der Waals surface area contributed by atoms with E-state index < -0.39 is 29.2 Å². The summed E-state index contributed by atoms with van der Waals surface area (Å²) in [5.41, 5.74) is 9.24. The Morgan fingerprint density at radius 3 is 2.04 bits per heavy atom. The van der Waals surface area contributed by atoms with E-state index in [1.54, 1.807) is 0 Å². The molecule has 0 aromatic heterocycles. The van der Waals surface area contributed by atoms with Gasteiger partial charge >= 0.3 is 6.18 Å². The number of halogens is 3. The zero-order valence-corrected chi connectivity index (χ0v) is 11.6. The number of nitrogen functional groups attached to an aromatic ring is 1. The molecule has 0 unspecified atom stereocenters. The van der Waals surface area contributed by atoms with Gasteiger partial charge in [-0.05, 0) is 42.5 Å². The van der Waals surface area contributed by atoms with E-state index in [-0.39, 0.29) is 16.8 Å². The molecule has 23 heavy (non-hydrogen) atoms. The first-order valence-corrected chi connectivity index (χ1v) is 6.36. The highest BCUT2D eigenvalue weighted by Crippen LogP contribution is 2.35. The largest absolute Gasteiger partial charge is 0.418 e. The number of hydrogen-bond acceptors (Lipinski definition) is 3. The van der Waals surface area contributed by atoms with E-state index in [2.05, 4.69) is 5.32 Å². The number of amides is 2. The molecule has 0 aliphatic rings. The number of primary amides is 1. The van der Waals surface area contributed by atoms with E-state index in [9.17, 15) is 22.8 Å². The predicted molar refractivity (Wildman–Crippen MR) is 78.8 cm³/mol. The van der Waals surface area contributed by atoms with Gasteiger partial charge in [0.25, 0.3) is 5.91 Å². The average Bonchev–Trinajstić information content (AvgIpc) is 2.48. The first kappa shape index (κ1) is 16.3. The Balaban J connectivity index is 2.22. The van der Waals surface area contributed by atoms with Crippen LogP contribution in [0.25, 0.3) is 0 Å². The fourth-order valence-electron chi connectivity index (χ4n) is 1.87. The number of nitrogens with one attached hydrogen (secondary N) is 1. The Morgan fingerprint density at radius 1 is 0.957 bits per heavy atom. The molecule has 0 saturated carbocycles. The zero-order valence-electron chi connectivity index (χ0n) is 11.6. The Morgan fingerprint density at radius 2 is 1.52 bits per heavy atom. The second-order valence-corrected chi connectivity index (χ2v) is 4.70. The summed E-state index contributed by atoms with van der Waals surface area (Å²) in [7, 11) is 0. The molecule has 2 aromatic rings. The number of alkyl halides is 3. The Labute approximate surface area is 129 Å². The lowest BCUT2D eigenvalue weighted by atomic mass is 10.1. The van der Waals surface area contributed by atoms with Crippen LogP contribution in [0.3, 0.4) is 0 Å². The van der Waals surface area contributed by atoms with Crippen LogP contribution in [0.15, 0.2) is 42.5 Å². The van der Waals surface area contributed by atoms with Gasteiger partial charge in [-0.1, -0.05) is 0 Å². The van der Waals surface area contributed by atoms with Gasteiger partial charge in [-0.3, -0.25) is 9.59 Å². The molecule has 0 aliphatic heterocycles. The van der Waals surface area contributed by atoms with E-state index in [1.807, 2.05) is 0 Å². The van der Waals surface area contributed by atoms with Crippen molar-refractivity contribution >= 4 is 23.2 Å². The van der Waals surface area contributed by atoms with E-state index in [0.29, 0.717) is 0 Å². The van der Waals surface area contributed by atoms with Gasteiger partial charge in [-0.2, -0.15) is 13.2 Å². The molecule has 8 heteroatoms. The Bertz CT molecular complexity index is 756. The summed E-state index contributed by atoms with van der Waals surface area (Å²) >= 11 is 0. The SMILES string of the molecule is NC(=O)c1ccc(C(=O)Nc2ccc(N)c(C(F)(F)F)c2)cc1. The Kier molecular flexibility index (Phi) is 4.26. The monoisotopic (exact) mass is 323 g/mol. The second-order valence-electron chi connectivity index (χ2n) is 4.70. The standard InChI is InChI=1S/C15H12F3N3O2/c16-15(17,18)11-7-10(5-6-12(11)19)21-14(23)9-3-1-8(2-4-9)13(20)22/h1-7H,19H2,(H2,20,22)(H,21,23). The van der Waals surface area contributed by atoms with Crippen LogP contribution in [0.5, 0.6) is 0 Å². The lowest BCUT2D eigenvalue weighted by Crippen LogP contribution is -2.15. The van der Waals surface area contributed by atoms with Crippen molar-refractivity contribution in [1.29, 1.82) is 0 Å². The molecule has 5 nitrogen and oxygen atoms in total. The van der Waals surface area contributed by atoms with Crippen LogP contribution >= 0.6 is 0 Å². The van der Waals surface area contributed by atoms with E-state index >= 15 is 0 Å². The normalized spacial score (nSPS) is 11.1. The summed E-state index contributed by atoms with van der Waals surface area (Å²) in [4.78, 5) is 22.9. The summed E-state index contributed by atoms with van der Waals surface area (Å²) in [5, 5.41) is 2.34. The molecular formula is C15H12F3N3O2. The number of anilines is 2. The minimum Gasteiger partial charge on any atom is -0.398 e. The number of rotatable bonds is 3. The molecule has 2 amide bonds. The quantitative estimate of drug-likeness (QED) is 0.757. The highest BCUT2D eigenvalue weighted by molar-refractivity contribution is 6.05. The van der Waals surface area contributed by atoms with Gasteiger partial charge in [0.15, 0.2) is 0 Å². The van der Waals surface area contributed by atoms with Gasteiger partial charge in [-0.25, -0.2) is 0 Å². The molecule has 2 aromatic carbocycles. The van der Waals surface area contributed by atoms with Crippen LogP contribution in [0, 0.1) is 0 Å². The van der Waals surface area contributed by atoms with Crippen molar-refractivity contribution in [2.24, 2.45) is 5.73 Å². The minimum atomic E-state index is -4.62. The van der Waals surface area contributed by atoms with Crippen LogP contribution in [-0.2, 0) is 6.18 Å². The molecule has 2 rings (SSSR count). The molecule has 0 atom stereocenters. The topological polar surface area (TPSA) is 98.2 Å². The number of carbonyl (C=O) groups excluding carboxylic acids is 2. The molecule has 0 bridgehead atoms. The third-order valence-electron chi connectivity index (χ3n) is 3.05. The highest BCUT2D eigenvalue weighted by Gasteiger charge is 2.33. The van der Waals surface area contributed by atoms with Crippen LogP contribution in [0.4, 0.5) is 24.5 Å². The van der Waals surface area contributed by atoms with Gasteiger partial charge in [0.05, 0.1) is 5.56 Å². The van der Waals surface area contributed by atoms with E-state index in [1.165, 1.54) is 30.3 Å². The van der Waals surface area contributed by atoms with Gasteiger partial charge in [0.1, 0.15) is 0 Å². The van der Waals surface area contributed by atoms with E-state index in [0.717, 1.165) is 12.1 Å². The van der Waals surface area contributed by atoms with Crippen molar-refractivity contribution in [2.75, 3.05) is 11.1 Å².